The van der Waals surface area contributed by atoms with Crippen molar-refractivity contribution >= 4 is 0 Å². The highest BCUT2D eigenvalue weighted by Gasteiger charge is 2.31. The Morgan fingerprint density at radius 1 is 1.45 bits per heavy atom. The third kappa shape index (κ3) is 3.37. The Morgan fingerprint density at radius 2 is 2.20 bits per heavy atom. The highest BCUT2D eigenvalue weighted by molar-refractivity contribution is 5.27. The van der Waals surface area contributed by atoms with Gasteiger partial charge in [-0.3, -0.25) is 4.90 Å². The lowest BCUT2D eigenvalue weighted by molar-refractivity contribution is 0.156. The van der Waals surface area contributed by atoms with E-state index in [1.807, 2.05) is 19.1 Å². The first kappa shape index (κ1) is 15.4. The number of likely N-dealkylation sites (tertiary alicyclic amines) is 1. The van der Waals surface area contributed by atoms with E-state index < -0.39 is 0 Å². The molecule has 2 N–H and O–H groups in total. The molecule has 0 bridgehead atoms. The number of aryl methyl sites for hydroxylation is 1. The summed E-state index contributed by atoms with van der Waals surface area (Å²) < 4.78 is 13.4. The molecule has 1 fully saturated rings. The molecule has 2 rings (SSSR count). The molecule has 0 saturated carbocycles. The number of nitrogens with zero attached hydrogens (tertiary/aromatic N) is 2. The van der Waals surface area contributed by atoms with Gasteiger partial charge in [0.15, 0.2) is 0 Å². The second-order valence-electron chi connectivity index (χ2n) is 6.06. The standard InChI is InChI=1S/C16H26FN3/c1-12-9-13(6-7-15(12)17)16(10-18)20-8-4-5-14(20)11-19(2)3/h6-7,9,14,16H,4-5,8,10-11,18H2,1-3H3. The van der Waals surface area contributed by atoms with Crippen LogP contribution in [0.4, 0.5) is 4.39 Å². The van der Waals surface area contributed by atoms with Gasteiger partial charge in [0.05, 0.1) is 0 Å². The highest BCUT2D eigenvalue weighted by Crippen LogP contribution is 2.29. The molecule has 2 atom stereocenters. The quantitative estimate of drug-likeness (QED) is 0.896. The molecule has 0 aliphatic carbocycles. The van der Waals surface area contributed by atoms with Gasteiger partial charge in [-0.1, -0.05) is 12.1 Å². The molecule has 0 radical (unpaired) electrons. The fourth-order valence-electron chi connectivity index (χ4n) is 3.22. The summed E-state index contributed by atoms with van der Waals surface area (Å²) >= 11 is 0. The molecule has 20 heavy (non-hydrogen) atoms. The van der Waals surface area contributed by atoms with Crippen LogP contribution in [0, 0.1) is 12.7 Å². The average Bonchev–Trinajstić information content (AvgIpc) is 2.82. The summed E-state index contributed by atoms with van der Waals surface area (Å²) in [7, 11) is 4.21. The van der Waals surface area contributed by atoms with Crippen molar-refractivity contribution in [1.82, 2.24) is 9.80 Å². The van der Waals surface area contributed by atoms with Gasteiger partial charge in [0, 0.05) is 25.2 Å². The zero-order valence-corrected chi connectivity index (χ0v) is 12.8. The predicted molar refractivity (Wildman–Crippen MR) is 81.2 cm³/mol. The van der Waals surface area contributed by atoms with Crippen LogP contribution in [0.25, 0.3) is 0 Å². The van der Waals surface area contributed by atoms with E-state index in [0.29, 0.717) is 18.2 Å². The summed E-state index contributed by atoms with van der Waals surface area (Å²) in [5, 5.41) is 0. The first-order chi connectivity index (χ1) is 9.52. The Labute approximate surface area is 121 Å². The van der Waals surface area contributed by atoms with Crippen LogP contribution in [0.3, 0.4) is 0 Å². The molecule has 1 aliphatic rings. The van der Waals surface area contributed by atoms with Crippen LogP contribution >= 0.6 is 0 Å². The number of nitrogens with two attached hydrogens (primary N) is 1. The van der Waals surface area contributed by atoms with Crippen molar-refractivity contribution < 1.29 is 4.39 Å². The van der Waals surface area contributed by atoms with Crippen LogP contribution in [-0.4, -0.2) is 49.6 Å². The number of hydrogen-bond donors (Lipinski definition) is 1. The second-order valence-corrected chi connectivity index (χ2v) is 6.06. The van der Waals surface area contributed by atoms with Crippen LogP contribution in [0.15, 0.2) is 18.2 Å². The smallest absolute Gasteiger partial charge is 0.126 e. The Balaban J connectivity index is 2.20. The van der Waals surface area contributed by atoms with Gasteiger partial charge in [-0.05, 0) is 57.6 Å². The maximum atomic E-state index is 13.4. The minimum Gasteiger partial charge on any atom is -0.329 e. The van der Waals surface area contributed by atoms with Gasteiger partial charge in [-0.15, -0.1) is 0 Å². The van der Waals surface area contributed by atoms with E-state index in [1.54, 1.807) is 6.07 Å². The molecular formula is C16H26FN3. The minimum atomic E-state index is -0.143. The lowest BCUT2D eigenvalue weighted by atomic mass is 10.0. The van der Waals surface area contributed by atoms with Gasteiger partial charge in [0.2, 0.25) is 0 Å². The van der Waals surface area contributed by atoms with Gasteiger partial charge in [-0.2, -0.15) is 0 Å². The number of hydrogen-bond acceptors (Lipinski definition) is 3. The molecule has 1 saturated heterocycles. The Bertz CT molecular complexity index is 447. The molecule has 0 aromatic heterocycles. The number of rotatable bonds is 5. The summed E-state index contributed by atoms with van der Waals surface area (Å²) in [5.41, 5.74) is 7.85. The monoisotopic (exact) mass is 279 g/mol. The summed E-state index contributed by atoms with van der Waals surface area (Å²) in [6, 6.07) is 6.12. The molecule has 1 heterocycles. The molecule has 0 amide bonds. The normalized spacial score (nSPS) is 21.6. The number of halogens is 1. The maximum absolute atomic E-state index is 13.4. The van der Waals surface area contributed by atoms with Gasteiger partial charge < -0.3 is 10.6 Å². The largest absolute Gasteiger partial charge is 0.329 e. The van der Waals surface area contributed by atoms with E-state index >= 15 is 0 Å². The van der Waals surface area contributed by atoms with Crippen molar-refractivity contribution in [2.75, 3.05) is 33.7 Å². The van der Waals surface area contributed by atoms with Crippen LogP contribution in [-0.2, 0) is 0 Å². The van der Waals surface area contributed by atoms with E-state index in [1.165, 1.54) is 12.8 Å². The Morgan fingerprint density at radius 3 is 2.80 bits per heavy atom. The van der Waals surface area contributed by atoms with Gasteiger partial charge in [0.1, 0.15) is 5.82 Å². The highest BCUT2D eigenvalue weighted by atomic mass is 19.1. The van der Waals surface area contributed by atoms with Crippen LogP contribution in [0.5, 0.6) is 0 Å². The Hall–Kier alpha value is -0.970. The third-order valence-corrected chi connectivity index (χ3v) is 4.19. The first-order valence-electron chi connectivity index (χ1n) is 7.39. The third-order valence-electron chi connectivity index (χ3n) is 4.19. The van der Waals surface area contributed by atoms with Gasteiger partial charge in [-0.25, -0.2) is 4.39 Å². The van der Waals surface area contributed by atoms with Crippen molar-refractivity contribution in [2.24, 2.45) is 5.73 Å². The number of likely N-dealkylation sites (N-methyl/N-ethyl adjacent to an activating group) is 1. The summed E-state index contributed by atoms with van der Waals surface area (Å²) in [6.45, 7) is 4.52. The molecule has 1 aliphatic heterocycles. The van der Waals surface area contributed by atoms with Crippen LogP contribution < -0.4 is 5.73 Å². The van der Waals surface area contributed by atoms with E-state index in [9.17, 15) is 4.39 Å². The molecule has 1 aromatic carbocycles. The Kier molecular flexibility index (Phi) is 5.13. The molecule has 112 valence electrons. The fraction of sp³-hybridized carbons (Fsp3) is 0.625. The summed E-state index contributed by atoms with van der Waals surface area (Å²) in [4.78, 5) is 4.72. The SMILES string of the molecule is Cc1cc(C(CN)N2CCCC2CN(C)C)ccc1F. The zero-order chi connectivity index (χ0) is 14.7. The molecule has 1 aromatic rings. The van der Waals surface area contributed by atoms with Crippen molar-refractivity contribution in [3.05, 3.63) is 35.1 Å². The second kappa shape index (κ2) is 6.66. The van der Waals surface area contributed by atoms with Crippen LogP contribution in [0.1, 0.15) is 30.0 Å². The van der Waals surface area contributed by atoms with Crippen LogP contribution in [0.2, 0.25) is 0 Å². The van der Waals surface area contributed by atoms with Gasteiger partial charge in [0.25, 0.3) is 0 Å². The first-order valence-corrected chi connectivity index (χ1v) is 7.39. The van der Waals surface area contributed by atoms with Crippen molar-refractivity contribution in [3.8, 4) is 0 Å². The molecule has 3 nitrogen and oxygen atoms in total. The minimum absolute atomic E-state index is 0.143. The zero-order valence-electron chi connectivity index (χ0n) is 12.8. The van der Waals surface area contributed by atoms with Crippen molar-refractivity contribution in [1.29, 1.82) is 0 Å². The van der Waals surface area contributed by atoms with Crippen molar-refractivity contribution in [2.45, 2.75) is 31.8 Å². The van der Waals surface area contributed by atoms with E-state index in [4.69, 9.17) is 5.73 Å². The molecular weight excluding hydrogens is 253 g/mol. The molecule has 2 unspecified atom stereocenters. The molecule has 4 heteroatoms. The lowest BCUT2D eigenvalue weighted by Crippen LogP contribution is -2.42. The number of benzene rings is 1. The average molecular weight is 279 g/mol. The summed E-state index contributed by atoms with van der Waals surface area (Å²) in [6.07, 6.45) is 2.43. The van der Waals surface area contributed by atoms with E-state index in [2.05, 4.69) is 23.9 Å². The lowest BCUT2D eigenvalue weighted by Gasteiger charge is -2.34. The van der Waals surface area contributed by atoms with Gasteiger partial charge >= 0.3 is 0 Å². The topological polar surface area (TPSA) is 32.5 Å². The molecule has 0 spiro atoms. The van der Waals surface area contributed by atoms with Crippen molar-refractivity contribution in [3.63, 3.8) is 0 Å². The predicted octanol–water partition coefficient (Wildman–Crippen LogP) is 2.16. The van der Waals surface area contributed by atoms with E-state index in [-0.39, 0.29) is 11.9 Å². The summed E-state index contributed by atoms with van der Waals surface area (Å²) in [5.74, 6) is -0.143. The maximum Gasteiger partial charge on any atom is 0.126 e. The fourth-order valence-corrected chi connectivity index (χ4v) is 3.22. The van der Waals surface area contributed by atoms with E-state index in [0.717, 1.165) is 18.7 Å².